The summed E-state index contributed by atoms with van der Waals surface area (Å²) in [4.78, 5) is 25.1. The number of amides is 1. The lowest BCUT2D eigenvalue weighted by Crippen LogP contribution is -2.48. The first-order valence-electron chi connectivity index (χ1n) is 10.5. The average Bonchev–Trinajstić information content (AvgIpc) is 2.82. The van der Waals surface area contributed by atoms with Crippen LogP contribution in [0.5, 0.6) is 5.75 Å². The number of hydrogen-bond donors (Lipinski definition) is 1. The molecule has 1 fully saturated rings. The van der Waals surface area contributed by atoms with Crippen LogP contribution < -0.4 is 10.1 Å². The van der Waals surface area contributed by atoms with E-state index in [1.165, 1.54) is 19.2 Å². The molecule has 1 aliphatic rings. The van der Waals surface area contributed by atoms with Gasteiger partial charge < -0.3 is 19.5 Å². The van der Waals surface area contributed by atoms with Gasteiger partial charge in [0.2, 0.25) is 5.91 Å². The SMILES string of the molecule is COC(=O)c1ccc([C@H](C)NC(=O)C2(c3cccc(OCC(F)(F)F)c3)CCOCC2)cc1. The van der Waals surface area contributed by atoms with Crippen LogP contribution in [0.4, 0.5) is 13.2 Å². The van der Waals surface area contributed by atoms with Crippen LogP contribution in [-0.2, 0) is 19.7 Å². The van der Waals surface area contributed by atoms with Crippen molar-refractivity contribution >= 4 is 11.9 Å². The lowest BCUT2D eigenvalue weighted by atomic mass is 9.73. The van der Waals surface area contributed by atoms with E-state index in [9.17, 15) is 22.8 Å². The topological polar surface area (TPSA) is 73.9 Å². The molecule has 0 aromatic heterocycles. The first-order valence-corrected chi connectivity index (χ1v) is 10.5. The number of methoxy groups -OCH3 is 1. The van der Waals surface area contributed by atoms with Gasteiger partial charge in [-0.3, -0.25) is 4.79 Å². The monoisotopic (exact) mass is 465 g/mol. The van der Waals surface area contributed by atoms with Crippen molar-refractivity contribution in [2.24, 2.45) is 0 Å². The highest BCUT2D eigenvalue weighted by Crippen LogP contribution is 2.37. The van der Waals surface area contributed by atoms with Gasteiger partial charge >= 0.3 is 12.1 Å². The fraction of sp³-hybridized carbons (Fsp3) is 0.417. The van der Waals surface area contributed by atoms with E-state index in [0.29, 0.717) is 37.2 Å². The zero-order valence-corrected chi connectivity index (χ0v) is 18.4. The summed E-state index contributed by atoms with van der Waals surface area (Å²) in [6.07, 6.45) is -3.69. The molecule has 0 saturated carbocycles. The molecule has 1 aliphatic heterocycles. The Bertz CT molecular complexity index is 969. The van der Waals surface area contributed by atoms with Gasteiger partial charge in [-0.25, -0.2) is 4.79 Å². The molecule has 2 aromatic rings. The molecule has 0 bridgehead atoms. The Balaban J connectivity index is 1.81. The van der Waals surface area contributed by atoms with E-state index >= 15 is 0 Å². The zero-order valence-electron chi connectivity index (χ0n) is 18.4. The minimum absolute atomic E-state index is 0.0509. The third-order valence-electron chi connectivity index (χ3n) is 5.75. The minimum Gasteiger partial charge on any atom is -0.484 e. The van der Waals surface area contributed by atoms with Crippen molar-refractivity contribution in [1.82, 2.24) is 5.32 Å². The van der Waals surface area contributed by atoms with Crippen molar-refractivity contribution in [2.75, 3.05) is 26.9 Å². The first kappa shape index (κ1) is 24.6. The van der Waals surface area contributed by atoms with Gasteiger partial charge in [0.1, 0.15) is 5.75 Å². The van der Waals surface area contributed by atoms with E-state index in [1.54, 1.807) is 36.4 Å². The molecule has 6 nitrogen and oxygen atoms in total. The lowest BCUT2D eigenvalue weighted by molar-refractivity contribution is -0.153. The van der Waals surface area contributed by atoms with Gasteiger partial charge in [0, 0.05) is 13.2 Å². The molecule has 0 radical (unpaired) electrons. The summed E-state index contributed by atoms with van der Waals surface area (Å²) in [5.74, 6) is -0.648. The predicted molar refractivity (Wildman–Crippen MR) is 114 cm³/mol. The van der Waals surface area contributed by atoms with Crippen molar-refractivity contribution in [3.05, 3.63) is 65.2 Å². The molecular weight excluding hydrogens is 439 g/mol. The quantitative estimate of drug-likeness (QED) is 0.616. The number of rotatable bonds is 7. The summed E-state index contributed by atoms with van der Waals surface area (Å²) in [6, 6.07) is 12.6. The lowest BCUT2D eigenvalue weighted by Gasteiger charge is -2.37. The highest BCUT2D eigenvalue weighted by Gasteiger charge is 2.42. The second-order valence-electron chi connectivity index (χ2n) is 7.93. The van der Waals surface area contributed by atoms with Gasteiger partial charge in [0.15, 0.2) is 6.61 Å². The minimum atomic E-state index is -4.46. The molecule has 178 valence electrons. The Morgan fingerprint density at radius 2 is 1.79 bits per heavy atom. The number of halogens is 3. The highest BCUT2D eigenvalue weighted by molar-refractivity contribution is 5.90. The molecule has 1 heterocycles. The van der Waals surface area contributed by atoms with Gasteiger partial charge in [-0.05, 0) is 55.2 Å². The number of esters is 1. The molecule has 1 saturated heterocycles. The largest absolute Gasteiger partial charge is 0.484 e. The molecule has 0 spiro atoms. The molecule has 33 heavy (non-hydrogen) atoms. The summed E-state index contributed by atoms with van der Waals surface area (Å²) in [5, 5.41) is 3.01. The van der Waals surface area contributed by atoms with Crippen LogP contribution in [-0.4, -0.2) is 45.0 Å². The van der Waals surface area contributed by atoms with Gasteiger partial charge in [-0.1, -0.05) is 24.3 Å². The van der Waals surface area contributed by atoms with Crippen LogP contribution in [0.25, 0.3) is 0 Å². The fourth-order valence-electron chi connectivity index (χ4n) is 3.86. The first-order chi connectivity index (χ1) is 15.6. The Morgan fingerprint density at radius 1 is 1.12 bits per heavy atom. The molecule has 2 aromatic carbocycles. The third-order valence-corrected chi connectivity index (χ3v) is 5.75. The van der Waals surface area contributed by atoms with Gasteiger partial charge in [-0.15, -0.1) is 0 Å². The zero-order chi connectivity index (χ0) is 24.1. The van der Waals surface area contributed by atoms with Crippen molar-refractivity contribution in [2.45, 2.75) is 37.4 Å². The molecule has 0 aliphatic carbocycles. The maximum absolute atomic E-state index is 13.5. The van der Waals surface area contributed by atoms with Gasteiger partial charge in [0.05, 0.1) is 24.1 Å². The fourth-order valence-corrected chi connectivity index (χ4v) is 3.86. The number of hydrogen-bond acceptors (Lipinski definition) is 5. The van der Waals surface area contributed by atoms with E-state index in [2.05, 4.69) is 5.32 Å². The van der Waals surface area contributed by atoms with E-state index in [4.69, 9.17) is 14.2 Å². The molecule has 0 unspecified atom stereocenters. The van der Waals surface area contributed by atoms with E-state index in [1.807, 2.05) is 6.92 Å². The summed E-state index contributed by atoms with van der Waals surface area (Å²) in [6.45, 7) is 1.12. The second kappa shape index (κ2) is 10.2. The van der Waals surface area contributed by atoms with Gasteiger partial charge in [0.25, 0.3) is 0 Å². The van der Waals surface area contributed by atoms with Crippen LogP contribution in [0.2, 0.25) is 0 Å². The number of benzene rings is 2. The van der Waals surface area contributed by atoms with Crippen molar-refractivity contribution in [3.8, 4) is 5.75 Å². The maximum Gasteiger partial charge on any atom is 0.422 e. The second-order valence-corrected chi connectivity index (χ2v) is 7.93. The molecule has 1 N–H and O–H groups in total. The third kappa shape index (κ3) is 6.04. The normalized spacial score (nSPS) is 16.5. The highest BCUT2D eigenvalue weighted by atomic mass is 19.4. The van der Waals surface area contributed by atoms with Crippen LogP contribution in [0.1, 0.15) is 47.3 Å². The molecule has 9 heteroatoms. The summed E-state index contributed by atoms with van der Waals surface area (Å²) < 4.78 is 52.7. The number of carbonyl (C=O) groups excluding carboxylic acids is 2. The number of carbonyl (C=O) groups is 2. The Kier molecular flexibility index (Phi) is 7.63. The van der Waals surface area contributed by atoms with E-state index < -0.39 is 24.2 Å². The Morgan fingerprint density at radius 3 is 2.39 bits per heavy atom. The standard InChI is InChI=1S/C24H26F3NO5/c1-16(17-6-8-18(9-7-17)21(29)31-2)28-22(30)23(10-12-32-13-11-23)19-4-3-5-20(14-19)33-15-24(25,26)27/h3-9,14,16H,10-13,15H2,1-2H3,(H,28,30)/t16-/m0/s1. The molecule has 3 rings (SSSR count). The van der Waals surface area contributed by atoms with Crippen LogP contribution in [0.15, 0.2) is 48.5 Å². The number of nitrogens with one attached hydrogen (secondary N) is 1. The predicted octanol–water partition coefficient (Wildman–Crippen LogP) is 4.34. The van der Waals surface area contributed by atoms with E-state index in [0.717, 1.165) is 5.56 Å². The summed E-state index contributed by atoms with van der Waals surface area (Å²) >= 11 is 0. The van der Waals surface area contributed by atoms with Crippen LogP contribution >= 0.6 is 0 Å². The van der Waals surface area contributed by atoms with Crippen LogP contribution in [0, 0.1) is 0 Å². The Labute approximate surface area is 190 Å². The number of ether oxygens (including phenoxy) is 3. The van der Waals surface area contributed by atoms with E-state index in [-0.39, 0.29) is 17.7 Å². The Hall–Kier alpha value is -3.07. The number of alkyl halides is 3. The van der Waals surface area contributed by atoms with Gasteiger partial charge in [-0.2, -0.15) is 13.2 Å². The summed E-state index contributed by atoms with van der Waals surface area (Å²) in [5.41, 5.74) is 0.809. The van der Waals surface area contributed by atoms with Crippen molar-refractivity contribution < 1.29 is 37.0 Å². The molecule has 1 amide bonds. The molecule has 1 atom stereocenters. The molecular formula is C24H26F3NO5. The van der Waals surface area contributed by atoms with Crippen molar-refractivity contribution in [3.63, 3.8) is 0 Å². The van der Waals surface area contributed by atoms with Crippen molar-refractivity contribution in [1.29, 1.82) is 0 Å². The van der Waals surface area contributed by atoms with Crippen LogP contribution in [0.3, 0.4) is 0 Å². The maximum atomic E-state index is 13.5. The average molecular weight is 465 g/mol. The smallest absolute Gasteiger partial charge is 0.422 e. The summed E-state index contributed by atoms with van der Waals surface area (Å²) in [7, 11) is 1.30.